The Morgan fingerprint density at radius 1 is 1.11 bits per heavy atom. The van der Waals surface area contributed by atoms with E-state index < -0.39 is 23.0 Å². The van der Waals surface area contributed by atoms with Gasteiger partial charge < -0.3 is 15.5 Å². The van der Waals surface area contributed by atoms with Gasteiger partial charge in [0.2, 0.25) is 0 Å². The first-order valence-electron chi connectivity index (χ1n) is 10.3. The molecule has 2 atom stereocenters. The smallest absolute Gasteiger partial charge is 0.270 e. The topological polar surface area (TPSA) is 113 Å². The Hall–Kier alpha value is -1.99. The average molecular weight is 395 g/mol. The molecule has 0 saturated carbocycles. The first-order valence-corrected chi connectivity index (χ1v) is 10.3. The van der Waals surface area contributed by atoms with E-state index in [0.717, 1.165) is 19.3 Å². The van der Waals surface area contributed by atoms with E-state index in [2.05, 4.69) is 12.2 Å². The minimum atomic E-state index is -0.850. The maximum atomic E-state index is 12.3. The van der Waals surface area contributed by atoms with Crippen LogP contribution in [0, 0.1) is 10.1 Å². The highest BCUT2D eigenvalue weighted by Crippen LogP contribution is 2.15. The molecule has 0 saturated heterocycles. The number of hydrogen-bond acceptors (Lipinski definition) is 5. The monoisotopic (exact) mass is 394 g/mol. The van der Waals surface area contributed by atoms with Crippen LogP contribution in [0.25, 0.3) is 0 Å². The summed E-state index contributed by atoms with van der Waals surface area (Å²) in [5.41, 5.74) is -0.0497. The van der Waals surface area contributed by atoms with Crippen molar-refractivity contribution in [3.63, 3.8) is 0 Å². The van der Waals surface area contributed by atoms with E-state index in [1.807, 2.05) is 0 Å². The largest absolute Gasteiger partial charge is 0.394 e. The zero-order valence-electron chi connectivity index (χ0n) is 16.8. The molecule has 2 unspecified atom stereocenters. The highest BCUT2D eigenvalue weighted by Gasteiger charge is 2.21. The predicted octanol–water partition coefficient (Wildman–Crippen LogP) is 3.97. The number of hydrogen-bond donors (Lipinski definition) is 3. The van der Waals surface area contributed by atoms with Crippen LogP contribution >= 0.6 is 0 Å². The van der Waals surface area contributed by atoms with Gasteiger partial charge in [0, 0.05) is 17.7 Å². The van der Waals surface area contributed by atoms with Gasteiger partial charge in [0.15, 0.2) is 0 Å². The number of non-ortho nitro benzene ring substituents is 1. The molecule has 0 bridgehead atoms. The van der Waals surface area contributed by atoms with Crippen LogP contribution in [0.1, 0.15) is 81.5 Å². The minimum Gasteiger partial charge on any atom is -0.394 e. The standard InChI is InChI=1S/C21H34N2O5/c1-2-3-4-5-6-7-8-9-10-14-20(25)19(16-24)22-21(26)17-12-11-13-18(15-17)23(27)28/h11-13,15,19-20,24-25H,2-10,14,16H2,1H3,(H,22,26). The zero-order valence-corrected chi connectivity index (χ0v) is 16.8. The number of unbranched alkanes of at least 4 members (excludes halogenated alkanes) is 8. The molecule has 1 aromatic rings. The van der Waals surface area contributed by atoms with Gasteiger partial charge in [-0.2, -0.15) is 0 Å². The van der Waals surface area contributed by atoms with E-state index in [1.165, 1.54) is 62.8 Å². The molecule has 0 aliphatic carbocycles. The number of nitro groups is 1. The quantitative estimate of drug-likeness (QED) is 0.237. The Kier molecular flexibility index (Phi) is 12.1. The fourth-order valence-electron chi connectivity index (χ4n) is 3.14. The van der Waals surface area contributed by atoms with Gasteiger partial charge >= 0.3 is 0 Å². The van der Waals surface area contributed by atoms with E-state index in [1.54, 1.807) is 0 Å². The molecule has 0 aromatic heterocycles. The van der Waals surface area contributed by atoms with Crippen LogP contribution in [0.5, 0.6) is 0 Å². The van der Waals surface area contributed by atoms with Crippen LogP contribution in [0.3, 0.4) is 0 Å². The molecule has 0 aliphatic heterocycles. The molecule has 3 N–H and O–H groups in total. The third-order valence-electron chi connectivity index (χ3n) is 4.90. The molecule has 1 amide bonds. The zero-order chi connectivity index (χ0) is 20.8. The van der Waals surface area contributed by atoms with Crippen LogP contribution in [-0.4, -0.2) is 39.8 Å². The summed E-state index contributed by atoms with van der Waals surface area (Å²) in [6.07, 6.45) is 10.2. The number of amides is 1. The fourth-order valence-corrected chi connectivity index (χ4v) is 3.14. The van der Waals surface area contributed by atoms with Crippen molar-refractivity contribution in [3.8, 4) is 0 Å². The van der Waals surface area contributed by atoms with Crippen LogP contribution < -0.4 is 5.32 Å². The van der Waals surface area contributed by atoms with E-state index in [4.69, 9.17) is 0 Å². The second kappa shape index (κ2) is 14.1. The lowest BCUT2D eigenvalue weighted by molar-refractivity contribution is -0.384. The van der Waals surface area contributed by atoms with Crippen molar-refractivity contribution in [2.75, 3.05) is 6.61 Å². The number of aliphatic hydroxyl groups excluding tert-OH is 2. The molecule has 158 valence electrons. The van der Waals surface area contributed by atoms with Crippen LogP contribution in [0.2, 0.25) is 0 Å². The van der Waals surface area contributed by atoms with E-state index in [9.17, 15) is 25.1 Å². The van der Waals surface area contributed by atoms with Gasteiger partial charge in [-0.05, 0) is 12.5 Å². The number of benzene rings is 1. The predicted molar refractivity (Wildman–Crippen MR) is 109 cm³/mol. The van der Waals surface area contributed by atoms with Gasteiger partial charge in [0.1, 0.15) is 0 Å². The van der Waals surface area contributed by atoms with Gasteiger partial charge in [0.25, 0.3) is 11.6 Å². The molecule has 0 fully saturated rings. The number of carbonyl (C=O) groups is 1. The van der Waals surface area contributed by atoms with Gasteiger partial charge in [-0.15, -0.1) is 0 Å². The highest BCUT2D eigenvalue weighted by molar-refractivity contribution is 5.95. The number of nitrogens with zero attached hydrogens (tertiary/aromatic N) is 1. The first kappa shape index (κ1) is 24.0. The molecule has 0 spiro atoms. The number of rotatable bonds is 15. The molecule has 0 radical (unpaired) electrons. The molecule has 1 aromatic carbocycles. The van der Waals surface area contributed by atoms with Gasteiger partial charge in [0.05, 0.1) is 23.7 Å². The van der Waals surface area contributed by atoms with Crippen molar-refractivity contribution in [3.05, 3.63) is 39.9 Å². The maximum Gasteiger partial charge on any atom is 0.270 e. The summed E-state index contributed by atoms with van der Waals surface area (Å²) in [4.78, 5) is 22.5. The summed E-state index contributed by atoms with van der Waals surface area (Å²) >= 11 is 0. The van der Waals surface area contributed by atoms with Gasteiger partial charge in [-0.1, -0.05) is 70.8 Å². The van der Waals surface area contributed by atoms with Crippen molar-refractivity contribution in [2.24, 2.45) is 0 Å². The minimum absolute atomic E-state index is 0.128. The van der Waals surface area contributed by atoms with Crippen LogP contribution in [-0.2, 0) is 0 Å². The summed E-state index contributed by atoms with van der Waals surface area (Å²) in [5, 5.41) is 33.1. The third-order valence-corrected chi connectivity index (χ3v) is 4.90. The van der Waals surface area contributed by atoms with E-state index in [-0.39, 0.29) is 17.9 Å². The number of aliphatic hydroxyl groups is 2. The summed E-state index contributed by atoms with van der Waals surface area (Å²) in [6, 6.07) is 4.58. The second-order valence-electron chi connectivity index (χ2n) is 7.25. The average Bonchev–Trinajstić information content (AvgIpc) is 2.70. The summed E-state index contributed by atoms with van der Waals surface area (Å²) in [6.45, 7) is 1.82. The third kappa shape index (κ3) is 9.28. The van der Waals surface area contributed by atoms with Gasteiger partial charge in [-0.25, -0.2) is 0 Å². The lowest BCUT2D eigenvalue weighted by atomic mass is 10.0. The molecular weight excluding hydrogens is 360 g/mol. The molecule has 7 nitrogen and oxygen atoms in total. The molecule has 7 heteroatoms. The van der Waals surface area contributed by atoms with Crippen molar-refractivity contribution >= 4 is 11.6 Å². The van der Waals surface area contributed by atoms with E-state index >= 15 is 0 Å². The second-order valence-corrected chi connectivity index (χ2v) is 7.25. The van der Waals surface area contributed by atoms with Crippen molar-refractivity contribution in [2.45, 2.75) is 83.3 Å². The Morgan fingerprint density at radius 2 is 1.71 bits per heavy atom. The normalized spacial score (nSPS) is 13.1. The first-order chi connectivity index (χ1) is 13.5. The lowest BCUT2D eigenvalue weighted by Gasteiger charge is -2.22. The Labute approximate surface area is 167 Å². The van der Waals surface area contributed by atoms with Crippen LogP contribution in [0.15, 0.2) is 24.3 Å². The molecule has 28 heavy (non-hydrogen) atoms. The van der Waals surface area contributed by atoms with Crippen molar-refractivity contribution in [1.29, 1.82) is 0 Å². The Morgan fingerprint density at radius 3 is 2.29 bits per heavy atom. The lowest BCUT2D eigenvalue weighted by Crippen LogP contribution is -2.45. The SMILES string of the molecule is CCCCCCCCCCCC(O)C(CO)NC(=O)c1cccc([N+](=O)[O-])c1. The molecule has 1 rings (SSSR count). The molecular formula is C21H34N2O5. The summed E-state index contributed by atoms with van der Waals surface area (Å²) < 4.78 is 0. The Bertz CT molecular complexity index is 594. The Balaban J connectivity index is 2.33. The fraction of sp³-hybridized carbons (Fsp3) is 0.667. The summed E-state index contributed by atoms with van der Waals surface area (Å²) in [7, 11) is 0. The van der Waals surface area contributed by atoms with Crippen molar-refractivity contribution < 1.29 is 19.9 Å². The maximum absolute atomic E-state index is 12.3. The van der Waals surface area contributed by atoms with Gasteiger partial charge in [-0.3, -0.25) is 14.9 Å². The van der Waals surface area contributed by atoms with Crippen LogP contribution in [0.4, 0.5) is 5.69 Å². The van der Waals surface area contributed by atoms with Crippen molar-refractivity contribution in [1.82, 2.24) is 5.32 Å². The molecule has 0 aliphatic rings. The molecule has 0 heterocycles. The number of nitrogens with one attached hydrogen (secondary N) is 1. The number of carbonyl (C=O) groups excluding carboxylic acids is 1. The summed E-state index contributed by atoms with van der Waals surface area (Å²) in [5.74, 6) is -0.547. The highest BCUT2D eigenvalue weighted by atomic mass is 16.6. The van der Waals surface area contributed by atoms with E-state index in [0.29, 0.717) is 6.42 Å². The number of nitro benzene ring substituents is 1.